The normalized spacial score (nSPS) is 12.0. The molecule has 0 heterocycles. The first kappa shape index (κ1) is 11.1. The second-order valence-electron chi connectivity index (χ2n) is 1.78. The molecule has 0 spiro atoms. The van der Waals surface area contributed by atoms with E-state index in [1.165, 1.54) is 0 Å². The molecule has 0 saturated heterocycles. The molecule has 1 amide bonds. The average Bonchev–Trinajstić information content (AvgIpc) is 1.86. The molecule has 0 radical (unpaired) electrons. The van der Waals surface area contributed by atoms with E-state index in [-0.39, 0.29) is 0 Å². The minimum absolute atomic E-state index is 0.378. The molecule has 0 saturated carbocycles. The summed E-state index contributed by atoms with van der Waals surface area (Å²) in [6, 6.07) is 0. The van der Waals surface area contributed by atoms with Crippen molar-refractivity contribution >= 4 is 40.7 Å². The summed E-state index contributed by atoms with van der Waals surface area (Å²) in [5.74, 6) is -0.611. The third kappa shape index (κ3) is 5.36. The van der Waals surface area contributed by atoms with E-state index in [9.17, 15) is 4.79 Å². The summed E-state index contributed by atoms with van der Waals surface area (Å²) >= 11 is 15.8. The van der Waals surface area contributed by atoms with Gasteiger partial charge in [-0.15, -0.1) is 0 Å². The van der Waals surface area contributed by atoms with E-state index in [0.29, 0.717) is 6.54 Å². The first-order valence-corrected chi connectivity index (χ1v) is 4.08. The summed E-state index contributed by atoms with van der Waals surface area (Å²) < 4.78 is -1.86. The van der Waals surface area contributed by atoms with Crippen LogP contribution in [0, 0.1) is 0 Å². The van der Waals surface area contributed by atoms with Gasteiger partial charge in [0.25, 0.3) is 9.70 Å². The Hall–Kier alpha value is 0.0800. The highest BCUT2D eigenvalue weighted by molar-refractivity contribution is 6.76. The Bertz CT molecular complexity index is 162. The largest absolute Gasteiger partial charge is 0.349 e. The summed E-state index contributed by atoms with van der Waals surface area (Å²) in [7, 11) is 0. The molecule has 2 nitrogen and oxygen atoms in total. The Labute approximate surface area is 80.5 Å². The summed E-state index contributed by atoms with van der Waals surface area (Å²) in [6.45, 7) is 2.21. The molecule has 64 valence electrons. The monoisotopic (exact) mass is 215 g/mol. The lowest BCUT2D eigenvalue weighted by molar-refractivity contribution is -0.120. The quantitative estimate of drug-likeness (QED) is 0.555. The fraction of sp³-hybridized carbons (Fsp3) is 0.500. The maximum Gasteiger partial charge on any atom is 0.272 e. The Morgan fingerprint density at radius 2 is 2.09 bits per heavy atom. The highest BCUT2D eigenvalue weighted by Crippen LogP contribution is 2.25. The molecular weight excluding hydrogens is 208 g/mol. The third-order valence-corrected chi connectivity index (χ3v) is 1.39. The zero-order valence-corrected chi connectivity index (χ0v) is 8.17. The van der Waals surface area contributed by atoms with Crippen molar-refractivity contribution in [2.45, 2.75) is 10.7 Å². The van der Waals surface area contributed by atoms with Crippen LogP contribution in [0.3, 0.4) is 0 Å². The number of nitrogens with one attached hydrogen (secondary N) is 1. The van der Waals surface area contributed by atoms with Gasteiger partial charge in [0, 0.05) is 6.54 Å². The van der Waals surface area contributed by atoms with Crippen molar-refractivity contribution in [2.75, 3.05) is 6.54 Å². The van der Waals surface area contributed by atoms with Crippen molar-refractivity contribution in [1.29, 1.82) is 0 Å². The van der Waals surface area contributed by atoms with Gasteiger partial charge in [-0.1, -0.05) is 47.0 Å². The Balaban J connectivity index is 3.71. The van der Waals surface area contributed by atoms with Crippen molar-refractivity contribution in [3.8, 4) is 0 Å². The molecule has 0 aliphatic rings. The van der Waals surface area contributed by atoms with Crippen LogP contribution in [0.2, 0.25) is 0 Å². The molecule has 0 aromatic heterocycles. The van der Waals surface area contributed by atoms with Crippen LogP contribution in [0.15, 0.2) is 12.2 Å². The Kier molecular flexibility index (Phi) is 4.89. The van der Waals surface area contributed by atoms with Crippen molar-refractivity contribution < 1.29 is 4.79 Å². The molecule has 0 unspecified atom stereocenters. The van der Waals surface area contributed by atoms with Crippen LogP contribution in [0.1, 0.15) is 6.92 Å². The number of halogens is 3. The maximum atomic E-state index is 10.8. The molecule has 0 aromatic rings. The summed E-state index contributed by atoms with van der Waals surface area (Å²) in [6.07, 6.45) is 3.53. The summed E-state index contributed by atoms with van der Waals surface area (Å²) in [4.78, 5) is 10.8. The molecule has 0 aliphatic carbocycles. The van der Waals surface area contributed by atoms with Crippen LogP contribution in [-0.2, 0) is 4.79 Å². The lowest BCUT2D eigenvalue weighted by atomic mass is 10.5. The van der Waals surface area contributed by atoms with Gasteiger partial charge >= 0.3 is 0 Å². The van der Waals surface area contributed by atoms with Crippen LogP contribution in [-0.4, -0.2) is 16.2 Å². The number of alkyl halides is 3. The lowest BCUT2D eigenvalue weighted by Gasteiger charge is -2.08. The molecule has 0 atom stereocenters. The van der Waals surface area contributed by atoms with Gasteiger partial charge in [-0.25, -0.2) is 0 Å². The van der Waals surface area contributed by atoms with Gasteiger partial charge in [-0.2, -0.15) is 0 Å². The van der Waals surface area contributed by atoms with Gasteiger partial charge < -0.3 is 5.32 Å². The molecule has 0 aliphatic heterocycles. The zero-order chi connectivity index (χ0) is 8.91. The topological polar surface area (TPSA) is 29.1 Å². The van der Waals surface area contributed by atoms with Crippen LogP contribution in [0.25, 0.3) is 0 Å². The number of carbonyl (C=O) groups excluding carboxylic acids is 1. The van der Waals surface area contributed by atoms with E-state index in [4.69, 9.17) is 34.8 Å². The van der Waals surface area contributed by atoms with E-state index in [1.807, 2.05) is 6.92 Å². The molecule has 11 heavy (non-hydrogen) atoms. The highest BCUT2D eigenvalue weighted by atomic mass is 35.6. The molecular formula is C6H8Cl3NO. The Morgan fingerprint density at radius 1 is 1.55 bits per heavy atom. The number of hydrogen-bond acceptors (Lipinski definition) is 1. The van der Waals surface area contributed by atoms with E-state index >= 15 is 0 Å². The number of carbonyl (C=O) groups is 1. The predicted octanol–water partition coefficient (Wildman–Crippen LogP) is 2.05. The van der Waals surface area contributed by atoms with E-state index < -0.39 is 9.70 Å². The molecule has 5 heteroatoms. The SMILES string of the molecule is CC=CCNC(=O)C(Cl)(Cl)Cl. The average molecular weight is 216 g/mol. The second kappa shape index (κ2) is 4.86. The van der Waals surface area contributed by atoms with Gasteiger partial charge in [0.1, 0.15) is 0 Å². The van der Waals surface area contributed by atoms with Crippen LogP contribution in [0.5, 0.6) is 0 Å². The first-order valence-electron chi connectivity index (χ1n) is 2.94. The first-order chi connectivity index (χ1) is 4.98. The van der Waals surface area contributed by atoms with E-state index in [1.54, 1.807) is 12.2 Å². The van der Waals surface area contributed by atoms with Crippen molar-refractivity contribution in [2.24, 2.45) is 0 Å². The molecule has 0 rings (SSSR count). The number of rotatable bonds is 2. The van der Waals surface area contributed by atoms with Crippen LogP contribution in [0.4, 0.5) is 0 Å². The molecule has 0 bridgehead atoms. The van der Waals surface area contributed by atoms with Gasteiger partial charge in [-0.05, 0) is 6.92 Å². The maximum absolute atomic E-state index is 10.8. The van der Waals surface area contributed by atoms with Crippen LogP contribution < -0.4 is 5.32 Å². The molecule has 0 aromatic carbocycles. The summed E-state index contributed by atoms with van der Waals surface area (Å²) in [5.41, 5.74) is 0. The van der Waals surface area contributed by atoms with Gasteiger partial charge in [0.2, 0.25) is 0 Å². The fourth-order valence-electron chi connectivity index (χ4n) is 0.370. The predicted molar refractivity (Wildman–Crippen MR) is 48.1 cm³/mol. The van der Waals surface area contributed by atoms with E-state index in [2.05, 4.69) is 5.32 Å². The minimum Gasteiger partial charge on any atom is -0.349 e. The number of amides is 1. The van der Waals surface area contributed by atoms with Crippen molar-refractivity contribution in [3.05, 3.63) is 12.2 Å². The second-order valence-corrected chi connectivity index (χ2v) is 4.06. The highest BCUT2D eigenvalue weighted by Gasteiger charge is 2.29. The van der Waals surface area contributed by atoms with E-state index in [0.717, 1.165) is 0 Å². The molecule has 0 fully saturated rings. The number of hydrogen-bond donors (Lipinski definition) is 1. The Morgan fingerprint density at radius 3 is 2.45 bits per heavy atom. The van der Waals surface area contributed by atoms with Gasteiger partial charge in [0.15, 0.2) is 0 Å². The molecule has 1 N–H and O–H groups in total. The minimum atomic E-state index is -1.86. The van der Waals surface area contributed by atoms with Gasteiger partial charge in [0.05, 0.1) is 0 Å². The lowest BCUT2D eigenvalue weighted by Crippen LogP contribution is -2.34. The van der Waals surface area contributed by atoms with Crippen LogP contribution >= 0.6 is 34.8 Å². The smallest absolute Gasteiger partial charge is 0.272 e. The fourth-order valence-corrected chi connectivity index (χ4v) is 0.570. The van der Waals surface area contributed by atoms with Gasteiger partial charge in [-0.3, -0.25) is 4.79 Å². The summed E-state index contributed by atoms with van der Waals surface area (Å²) in [5, 5.41) is 2.40. The standard InChI is InChI=1S/C6H8Cl3NO/c1-2-3-4-10-5(11)6(7,8)9/h2-3H,4H2,1H3,(H,10,11). The zero-order valence-electron chi connectivity index (χ0n) is 5.90. The third-order valence-electron chi connectivity index (χ3n) is 0.874. The van der Waals surface area contributed by atoms with Crippen molar-refractivity contribution in [1.82, 2.24) is 5.32 Å². The number of allylic oxidation sites excluding steroid dienone is 1. The van der Waals surface area contributed by atoms with Crippen molar-refractivity contribution in [3.63, 3.8) is 0 Å².